The molecule has 0 aromatic carbocycles. The van der Waals surface area contributed by atoms with Crippen LogP contribution in [-0.2, 0) is 23.8 Å². The third-order valence-corrected chi connectivity index (χ3v) is 12.6. The van der Waals surface area contributed by atoms with Gasteiger partial charge in [-0.3, -0.25) is 10.1 Å². The molecule has 3 aliphatic heterocycles. The van der Waals surface area contributed by atoms with Gasteiger partial charge in [0.25, 0.3) is 0 Å². The third kappa shape index (κ3) is 9.62. The number of allylic oxidation sites excluding steroid dienone is 1. The van der Waals surface area contributed by atoms with Crippen LogP contribution in [0.3, 0.4) is 0 Å². The Kier molecular flexibility index (Phi) is 14.8. The molecular formula is C38H62N3O12+. The van der Waals surface area contributed by atoms with E-state index < -0.39 is 84.7 Å². The number of primary amides is 1. The Balaban J connectivity index is 1.30. The number of hydrogen-bond acceptors (Lipinski definition) is 13. The van der Waals surface area contributed by atoms with Crippen molar-refractivity contribution in [2.45, 2.75) is 164 Å². The van der Waals surface area contributed by atoms with Gasteiger partial charge in [0.15, 0.2) is 24.2 Å². The number of fused-ring (bicyclic) bond motifs is 1. The van der Waals surface area contributed by atoms with E-state index in [1.54, 1.807) is 12.8 Å². The minimum Gasteiger partial charge on any atom is -0.479 e. The Morgan fingerprint density at radius 3 is 2.43 bits per heavy atom. The van der Waals surface area contributed by atoms with Crippen molar-refractivity contribution in [1.82, 2.24) is 5.32 Å². The van der Waals surface area contributed by atoms with E-state index in [1.807, 2.05) is 6.08 Å². The van der Waals surface area contributed by atoms with E-state index in [2.05, 4.69) is 24.2 Å². The molecule has 15 heteroatoms. The molecule has 300 valence electrons. The fraction of sp³-hybridized carbons (Fsp3) is 0.842. The first-order valence-electron chi connectivity index (χ1n) is 19.7. The highest BCUT2D eigenvalue weighted by molar-refractivity contribution is 5.82. The monoisotopic (exact) mass is 752 g/mol. The minimum atomic E-state index is -2.71. The number of hydrogen-bond donors (Lipinski definition) is 9. The second-order valence-electron chi connectivity index (χ2n) is 16.2. The summed E-state index contributed by atoms with van der Waals surface area (Å²) in [5, 5.41) is 80.0. The summed E-state index contributed by atoms with van der Waals surface area (Å²) in [6.45, 7) is 6.20. The molecule has 4 fully saturated rings. The van der Waals surface area contributed by atoms with Crippen molar-refractivity contribution in [2.75, 3.05) is 6.54 Å². The van der Waals surface area contributed by atoms with Gasteiger partial charge >= 0.3 is 5.97 Å². The van der Waals surface area contributed by atoms with Gasteiger partial charge in [-0.1, -0.05) is 46.0 Å². The van der Waals surface area contributed by atoms with Crippen LogP contribution in [0.15, 0.2) is 16.6 Å². The number of unbranched alkanes of at least 4 members (excludes halogenated alkanes) is 3. The molecule has 6 unspecified atom stereocenters. The minimum absolute atomic E-state index is 0.0114. The van der Waals surface area contributed by atoms with E-state index in [1.165, 1.54) is 0 Å². The highest BCUT2D eigenvalue weighted by atomic mass is 16.7. The lowest BCUT2D eigenvalue weighted by molar-refractivity contribution is -0.367. The maximum Gasteiger partial charge on any atom is 0.335 e. The quantitative estimate of drug-likeness (QED) is 0.0570. The normalized spacial score (nSPS) is 40.4. The number of aliphatic hydroxyl groups is 6. The van der Waals surface area contributed by atoms with Gasteiger partial charge < -0.3 is 55.7 Å². The summed E-state index contributed by atoms with van der Waals surface area (Å²) in [5.41, 5.74) is 4.09. The number of carbonyl (C=O) groups excluding carboxylic acids is 1. The predicted molar refractivity (Wildman–Crippen MR) is 192 cm³/mol. The standard InChI is InChI=1S/C38H61N3O12/c1-3-4-5-6-7-20(2)23(16-21-14-15-40-18-21)19-41-36(49)38(50)33(45)30(44)32(35(47)48)53-37(38)51-25-12-13-26-27(17-25)52-31(34(39)46)28(29(26)43)22-8-10-24(42)11-9-22/h14-15,18,20,22-33,36-37,41-45,49-50H,3-13,16-17,19H2,1-2H3,(H2-,39,46,47,48)/p+1/t20-,22?,23-,24?,25?,26?,27?,28?,29?,30+,31?,32-,33-,36+,37+,38+/m0/s1. The average Bonchev–Trinajstić information content (AvgIpc) is 3.65. The molecule has 14 atom stereocenters. The molecule has 5 rings (SSSR count). The Morgan fingerprint density at radius 1 is 1.06 bits per heavy atom. The molecule has 0 radical (unpaired) electrons. The van der Waals surface area contributed by atoms with Crippen LogP contribution in [0.2, 0.25) is 0 Å². The average molecular weight is 753 g/mol. The van der Waals surface area contributed by atoms with Gasteiger partial charge in [0.2, 0.25) is 5.91 Å². The predicted octanol–water partition coefficient (Wildman–Crippen LogP) is 0.908. The lowest BCUT2D eigenvalue weighted by atomic mass is 9.66. The maximum absolute atomic E-state index is 12.6. The van der Waals surface area contributed by atoms with Gasteiger partial charge in [0.1, 0.15) is 36.7 Å². The maximum atomic E-state index is 12.6. The van der Waals surface area contributed by atoms with Crippen molar-refractivity contribution >= 4 is 18.1 Å². The number of nitrogens with two attached hydrogens (primary N) is 1. The van der Waals surface area contributed by atoms with E-state index in [-0.39, 0.29) is 36.6 Å². The highest BCUT2D eigenvalue weighted by Crippen LogP contribution is 2.46. The van der Waals surface area contributed by atoms with Crippen molar-refractivity contribution in [1.29, 1.82) is 0 Å². The number of amides is 1. The van der Waals surface area contributed by atoms with Crippen LogP contribution in [0.4, 0.5) is 0 Å². The summed E-state index contributed by atoms with van der Waals surface area (Å²) in [5.74, 6) is -3.04. The molecule has 10 N–H and O–H groups in total. The zero-order chi connectivity index (χ0) is 38.4. The molecule has 2 aliphatic carbocycles. The van der Waals surface area contributed by atoms with E-state index in [9.17, 15) is 45.3 Å². The molecule has 15 nitrogen and oxygen atoms in total. The number of aliphatic carboxylic acids is 1. The zero-order valence-electron chi connectivity index (χ0n) is 31.0. The molecule has 0 aromatic rings. The Labute approximate surface area is 312 Å². The molecule has 3 heterocycles. The van der Waals surface area contributed by atoms with Crippen molar-refractivity contribution in [3.8, 4) is 0 Å². The molecule has 0 bridgehead atoms. The third-order valence-electron chi connectivity index (χ3n) is 12.6. The van der Waals surface area contributed by atoms with Gasteiger partial charge in [-0.25, -0.2) is 4.79 Å². The number of nitrogens with zero attached hydrogens (tertiary/aromatic N) is 1. The number of carboxylic acid groups (broad SMARTS) is 1. The molecule has 53 heavy (non-hydrogen) atoms. The number of ether oxygens (including phenoxy) is 3. The second kappa shape index (κ2) is 18.6. The van der Waals surface area contributed by atoms with Gasteiger partial charge in [-0.2, -0.15) is 0 Å². The van der Waals surface area contributed by atoms with Crippen molar-refractivity contribution in [2.24, 2.45) is 40.3 Å². The lowest BCUT2D eigenvalue weighted by Crippen LogP contribution is -2.75. The van der Waals surface area contributed by atoms with Crippen LogP contribution in [0.25, 0.3) is 0 Å². The number of carbonyl (C=O) groups is 2. The summed E-state index contributed by atoms with van der Waals surface area (Å²) in [7, 11) is 0. The molecule has 2 saturated heterocycles. The summed E-state index contributed by atoms with van der Waals surface area (Å²) < 4.78 is 18.1. The molecule has 1 amide bonds. The van der Waals surface area contributed by atoms with E-state index in [0.717, 1.165) is 37.7 Å². The zero-order valence-corrected chi connectivity index (χ0v) is 31.0. The number of aliphatic imine (C=N–C) groups is 1. The Bertz CT molecular complexity index is 1280. The van der Waals surface area contributed by atoms with E-state index in [4.69, 9.17) is 19.9 Å². The van der Waals surface area contributed by atoms with E-state index >= 15 is 0 Å². The number of rotatable bonds is 17. The highest BCUT2D eigenvalue weighted by Gasteiger charge is 2.62. The summed E-state index contributed by atoms with van der Waals surface area (Å²) >= 11 is 0. The smallest absolute Gasteiger partial charge is 0.335 e. The van der Waals surface area contributed by atoms with Gasteiger partial charge in [0, 0.05) is 31.2 Å². The van der Waals surface area contributed by atoms with Crippen LogP contribution < -0.4 is 11.1 Å². The first kappa shape index (κ1) is 42.0. The van der Waals surface area contributed by atoms with E-state index in [0.29, 0.717) is 44.9 Å². The Hall–Kier alpha value is -2.18. The second-order valence-corrected chi connectivity index (χ2v) is 16.2. The fourth-order valence-electron chi connectivity index (χ4n) is 9.29. The number of aliphatic hydroxyl groups excluding tert-OH is 5. The van der Waals surface area contributed by atoms with Crippen LogP contribution in [-0.4, -0.2) is 127 Å². The van der Waals surface area contributed by atoms with Crippen LogP contribution >= 0.6 is 0 Å². The van der Waals surface area contributed by atoms with Crippen molar-refractivity contribution in [3.05, 3.63) is 18.2 Å². The van der Waals surface area contributed by atoms with Crippen molar-refractivity contribution in [3.63, 3.8) is 0 Å². The van der Waals surface area contributed by atoms with Crippen molar-refractivity contribution < 1.29 is 59.5 Å². The lowest BCUT2D eigenvalue weighted by Gasteiger charge is -2.52. The SMILES string of the molecule is CCCCCC[C@H](C)[C@H](CN[C@H](O)[C@@]1(O)[C@H](OC2CCC3C(C2)OC(C(N)=O)C(C2CCC(O)CC2)C3O)O[C@H](C(=O)O)[C@@H](O)[C@@H]1O)CC1=C[CH+]N=C1. The Morgan fingerprint density at radius 2 is 1.79 bits per heavy atom. The van der Waals surface area contributed by atoms with Gasteiger partial charge in [-0.05, 0) is 56.3 Å². The summed E-state index contributed by atoms with van der Waals surface area (Å²) in [4.78, 5) is 28.9. The van der Waals surface area contributed by atoms with Crippen LogP contribution in [0.1, 0.15) is 97.3 Å². The molecular weight excluding hydrogens is 690 g/mol. The molecule has 5 aliphatic rings. The molecule has 2 saturated carbocycles. The fourth-order valence-corrected chi connectivity index (χ4v) is 9.29. The topological polar surface area (TPSA) is 254 Å². The summed E-state index contributed by atoms with van der Waals surface area (Å²) in [6.07, 6.45) is -1.01. The van der Waals surface area contributed by atoms with Gasteiger partial charge in [0.05, 0.1) is 30.5 Å². The van der Waals surface area contributed by atoms with Gasteiger partial charge in [-0.15, -0.1) is 4.99 Å². The number of nitrogens with one attached hydrogen (secondary N) is 1. The van der Waals surface area contributed by atoms with Crippen LogP contribution in [0, 0.1) is 36.1 Å². The summed E-state index contributed by atoms with van der Waals surface area (Å²) in [6, 6.07) is 0. The molecule has 0 aromatic heterocycles. The largest absolute Gasteiger partial charge is 0.479 e. The number of carboxylic acids is 1. The molecule has 0 spiro atoms. The first-order chi connectivity index (χ1) is 25.3. The first-order valence-corrected chi connectivity index (χ1v) is 19.7. The van der Waals surface area contributed by atoms with Crippen LogP contribution in [0.5, 0.6) is 0 Å².